The van der Waals surface area contributed by atoms with Crippen LogP contribution in [0.3, 0.4) is 0 Å². The van der Waals surface area contributed by atoms with Crippen LogP contribution >= 0.6 is 0 Å². The van der Waals surface area contributed by atoms with Gasteiger partial charge in [0.05, 0.1) is 0 Å². The summed E-state index contributed by atoms with van der Waals surface area (Å²) in [5.41, 5.74) is 0. The van der Waals surface area contributed by atoms with Crippen molar-refractivity contribution in [2.75, 3.05) is 0 Å². The van der Waals surface area contributed by atoms with E-state index in [1.165, 1.54) is 30.3 Å². The van der Waals surface area contributed by atoms with Crippen LogP contribution in [0.4, 0.5) is 0 Å². The Kier molecular flexibility index (Phi) is 9.21. The van der Waals surface area contributed by atoms with Crippen LogP contribution in [-0.4, -0.2) is 35.8 Å². The van der Waals surface area contributed by atoms with Crippen LogP contribution in [0, 0.1) is 0 Å². The number of carbonyl (C=O) groups is 6. The summed E-state index contributed by atoms with van der Waals surface area (Å²) in [4.78, 5) is 70.9. The SMILES string of the molecule is CC(=O)Oc1cc(OC(C)=O)cc(Oc2c(OC(C)=O)cc(OC(C)=O)c3c2Oc2c(OC(C)=O)cc(OC(C)=O)cc2O3)c1. The molecule has 4 rings (SSSR count). The standard InChI is InChI=1S/C30H24O15/c1-13(31)37-19-7-20(38-14(2)32)9-21(8-19)43-28-25(41-17(5)35)12-26(42-18(6)36)29-30(28)45-27-23(40-16(4)34)10-22(39-15(3)33)11-24(27)44-29/h7-12H,1-6H3. The maximum absolute atomic E-state index is 12.1. The van der Waals surface area contributed by atoms with Crippen LogP contribution in [0.25, 0.3) is 0 Å². The molecule has 15 nitrogen and oxygen atoms in total. The van der Waals surface area contributed by atoms with Gasteiger partial charge in [0.2, 0.25) is 23.0 Å². The van der Waals surface area contributed by atoms with Gasteiger partial charge in [-0.15, -0.1) is 0 Å². The summed E-state index contributed by atoms with van der Waals surface area (Å²) < 4.78 is 49.4. The molecule has 0 N–H and O–H groups in total. The summed E-state index contributed by atoms with van der Waals surface area (Å²) in [6.45, 7) is 6.77. The van der Waals surface area contributed by atoms with Gasteiger partial charge < -0.3 is 42.6 Å². The number of rotatable bonds is 8. The van der Waals surface area contributed by atoms with Crippen LogP contribution in [0.15, 0.2) is 36.4 Å². The van der Waals surface area contributed by atoms with Crippen molar-refractivity contribution in [1.82, 2.24) is 0 Å². The highest BCUT2D eigenvalue weighted by molar-refractivity contribution is 5.81. The molecule has 0 spiro atoms. The fraction of sp³-hybridized carbons (Fsp3) is 0.200. The van der Waals surface area contributed by atoms with E-state index in [2.05, 4.69) is 0 Å². The lowest BCUT2D eigenvalue weighted by atomic mass is 10.2. The summed E-state index contributed by atoms with van der Waals surface area (Å²) in [6.07, 6.45) is 0. The molecule has 0 atom stereocenters. The van der Waals surface area contributed by atoms with E-state index in [0.29, 0.717) is 0 Å². The summed E-state index contributed by atoms with van der Waals surface area (Å²) in [7, 11) is 0. The average molecular weight is 625 g/mol. The van der Waals surface area contributed by atoms with E-state index in [-0.39, 0.29) is 69.0 Å². The number of fused-ring (bicyclic) bond motifs is 2. The zero-order valence-corrected chi connectivity index (χ0v) is 24.6. The smallest absolute Gasteiger partial charge is 0.308 e. The lowest BCUT2D eigenvalue weighted by Gasteiger charge is -2.26. The second-order valence-electron chi connectivity index (χ2n) is 9.12. The Morgan fingerprint density at radius 3 is 1.33 bits per heavy atom. The molecule has 0 bridgehead atoms. The molecule has 0 aliphatic carbocycles. The monoisotopic (exact) mass is 624 g/mol. The van der Waals surface area contributed by atoms with Crippen molar-refractivity contribution in [3.05, 3.63) is 36.4 Å². The Balaban J connectivity index is 1.95. The molecule has 0 amide bonds. The van der Waals surface area contributed by atoms with E-state index in [4.69, 9.17) is 42.6 Å². The van der Waals surface area contributed by atoms with Crippen molar-refractivity contribution in [3.63, 3.8) is 0 Å². The van der Waals surface area contributed by atoms with Crippen molar-refractivity contribution in [2.24, 2.45) is 0 Å². The van der Waals surface area contributed by atoms with E-state index in [9.17, 15) is 28.8 Å². The van der Waals surface area contributed by atoms with Gasteiger partial charge in [-0.05, 0) is 0 Å². The molecule has 0 saturated carbocycles. The third-order valence-corrected chi connectivity index (χ3v) is 5.15. The first-order valence-electron chi connectivity index (χ1n) is 12.9. The van der Waals surface area contributed by atoms with Gasteiger partial charge in [0.1, 0.15) is 23.0 Å². The van der Waals surface area contributed by atoms with Crippen molar-refractivity contribution >= 4 is 35.8 Å². The Morgan fingerprint density at radius 1 is 0.422 bits per heavy atom. The Hall–Kier alpha value is -6.12. The second kappa shape index (κ2) is 13.0. The highest BCUT2D eigenvalue weighted by atomic mass is 16.6. The Morgan fingerprint density at radius 2 is 0.844 bits per heavy atom. The predicted octanol–water partition coefficient (Wildman–Crippen LogP) is 4.93. The summed E-state index contributed by atoms with van der Waals surface area (Å²) in [5.74, 6) is -6.92. The highest BCUT2D eigenvalue weighted by Crippen LogP contribution is 2.61. The molecule has 0 aromatic heterocycles. The van der Waals surface area contributed by atoms with E-state index in [1.54, 1.807) is 0 Å². The summed E-state index contributed by atoms with van der Waals surface area (Å²) >= 11 is 0. The molecule has 0 saturated heterocycles. The van der Waals surface area contributed by atoms with Gasteiger partial charge in [0.15, 0.2) is 23.0 Å². The molecule has 1 aliphatic heterocycles. The van der Waals surface area contributed by atoms with Crippen LogP contribution < -0.4 is 42.6 Å². The Bertz CT molecular complexity index is 1720. The normalized spacial score (nSPS) is 10.9. The largest absolute Gasteiger partial charge is 0.449 e. The van der Waals surface area contributed by atoms with Crippen molar-refractivity contribution in [3.8, 4) is 69.0 Å². The fourth-order valence-corrected chi connectivity index (χ4v) is 3.89. The van der Waals surface area contributed by atoms with E-state index in [1.807, 2.05) is 0 Å². The molecular formula is C30H24O15. The zero-order valence-electron chi connectivity index (χ0n) is 24.6. The van der Waals surface area contributed by atoms with Gasteiger partial charge >= 0.3 is 35.8 Å². The second-order valence-corrected chi connectivity index (χ2v) is 9.12. The van der Waals surface area contributed by atoms with Gasteiger partial charge in [-0.2, -0.15) is 0 Å². The number of carbonyl (C=O) groups excluding carboxylic acids is 6. The van der Waals surface area contributed by atoms with Gasteiger partial charge in [-0.25, -0.2) is 0 Å². The highest BCUT2D eigenvalue weighted by Gasteiger charge is 2.35. The number of benzene rings is 3. The molecular weight excluding hydrogens is 600 g/mol. The van der Waals surface area contributed by atoms with Gasteiger partial charge in [-0.1, -0.05) is 0 Å². The molecule has 0 unspecified atom stereocenters. The molecule has 3 aromatic rings. The average Bonchev–Trinajstić information content (AvgIpc) is 2.88. The van der Waals surface area contributed by atoms with Gasteiger partial charge in [0, 0.05) is 77.9 Å². The van der Waals surface area contributed by atoms with E-state index in [0.717, 1.165) is 47.6 Å². The van der Waals surface area contributed by atoms with Crippen LogP contribution in [0.5, 0.6) is 69.0 Å². The molecule has 15 heteroatoms. The molecule has 3 aromatic carbocycles. The van der Waals surface area contributed by atoms with Crippen LogP contribution in [-0.2, 0) is 28.8 Å². The maximum atomic E-state index is 12.1. The minimum atomic E-state index is -0.813. The molecule has 1 heterocycles. The fourth-order valence-electron chi connectivity index (χ4n) is 3.89. The van der Waals surface area contributed by atoms with Crippen LogP contribution in [0.2, 0.25) is 0 Å². The third kappa shape index (κ3) is 8.04. The first kappa shape index (κ1) is 31.8. The van der Waals surface area contributed by atoms with E-state index >= 15 is 0 Å². The molecule has 1 aliphatic rings. The third-order valence-electron chi connectivity index (χ3n) is 5.15. The minimum absolute atomic E-state index is 0.0756. The number of ether oxygens (including phenoxy) is 9. The van der Waals surface area contributed by atoms with Gasteiger partial charge in [-0.3, -0.25) is 28.8 Å². The van der Waals surface area contributed by atoms with E-state index < -0.39 is 35.8 Å². The molecule has 0 fully saturated rings. The first-order chi connectivity index (χ1) is 21.2. The maximum Gasteiger partial charge on any atom is 0.308 e. The lowest BCUT2D eigenvalue weighted by Crippen LogP contribution is -2.12. The topological polar surface area (TPSA) is 185 Å². The molecule has 45 heavy (non-hydrogen) atoms. The number of hydrogen-bond donors (Lipinski definition) is 0. The van der Waals surface area contributed by atoms with Crippen molar-refractivity contribution < 1.29 is 71.4 Å². The first-order valence-corrected chi connectivity index (χ1v) is 12.9. The quantitative estimate of drug-likeness (QED) is 0.190. The lowest BCUT2D eigenvalue weighted by molar-refractivity contribution is -0.133. The van der Waals surface area contributed by atoms with Gasteiger partial charge in [0.25, 0.3) is 0 Å². The molecule has 234 valence electrons. The number of esters is 6. The summed E-state index contributed by atoms with van der Waals surface area (Å²) in [6, 6.07) is 7.31. The van der Waals surface area contributed by atoms with Crippen LogP contribution in [0.1, 0.15) is 41.5 Å². The molecule has 0 radical (unpaired) electrons. The van der Waals surface area contributed by atoms with Crippen molar-refractivity contribution in [1.29, 1.82) is 0 Å². The zero-order chi connectivity index (χ0) is 33.0. The number of hydrogen-bond acceptors (Lipinski definition) is 15. The Labute approximate surface area is 254 Å². The summed E-state index contributed by atoms with van der Waals surface area (Å²) in [5, 5.41) is 0. The van der Waals surface area contributed by atoms with Crippen molar-refractivity contribution in [2.45, 2.75) is 41.5 Å². The predicted molar refractivity (Wildman–Crippen MR) is 147 cm³/mol. The minimum Gasteiger partial charge on any atom is -0.449 e.